The zero-order chi connectivity index (χ0) is 9.84. The first-order chi connectivity index (χ1) is 6.15. The molecule has 1 atom stereocenters. The molecule has 1 rings (SSSR count). The number of hydrogen-bond donors (Lipinski definition) is 3. The number of thiocarbonyl (C=S) groups is 1. The van der Waals surface area contributed by atoms with Crippen molar-refractivity contribution in [2.75, 3.05) is 5.75 Å². The van der Waals surface area contributed by atoms with Crippen LogP contribution in [-0.4, -0.2) is 22.6 Å². The monoisotopic (exact) mass is 217 g/mol. The van der Waals surface area contributed by atoms with Gasteiger partial charge < -0.3 is 11.1 Å². The van der Waals surface area contributed by atoms with Crippen molar-refractivity contribution < 1.29 is 4.79 Å². The van der Waals surface area contributed by atoms with Crippen molar-refractivity contribution in [3.63, 3.8) is 0 Å². The van der Waals surface area contributed by atoms with E-state index in [4.69, 9.17) is 18.0 Å². The number of amides is 1. The van der Waals surface area contributed by atoms with Crippen molar-refractivity contribution in [3.05, 3.63) is 0 Å². The van der Waals surface area contributed by atoms with E-state index in [9.17, 15) is 4.79 Å². The van der Waals surface area contributed by atoms with E-state index in [2.05, 4.69) is 22.9 Å². The number of rotatable bonds is 3. The Balaban J connectivity index is 2.66. The zero-order valence-corrected chi connectivity index (χ0v) is 8.70. The minimum absolute atomic E-state index is 0.153. The number of nitrogens with two attached hydrogens (primary N) is 1. The Labute approximate surface area is 87.4 Å². The molecule has 1 aliphatic rings. The standard InChI is InChI=1S/C7H11N3OS2/c8-5-4(2-1-3-12)6(11)10-7(13)9-5/h4,12H,1-3H2,(H3,8,9,10,11,13). The molecule has 6 heteroatoms. The highest BCUT2D eigenvalue weighted by molar-refractivity contribution is 7.80. The van der Waals surface area contributed by atoms with E-state index in [0.717, 1.165) is 12.2 Å². The summed E-state index contributed by atoms with van der Waals surface area (Å²) in [5, 5.41) is 2.63. The molecule has 0 aliphatic carbocycles. The van der Waals surface area contributed by atoms with Gasteiger partial charge in [-0.1, -0.05) is 0 Å². The molecule has 1 aliphatic heterocycles. The minimum Gasteiger partial charge on any atom is -0.386 e. The van der Waals surface area contributed by atoms with Gasteiger partial charge in [-0.15, -0.1) is 0 Å². The van der Waals surface area contributed by atoms with Crippen LogP contribution in [0.4, 0.5) is 0 Å². The summed E-state index contributed by atoms with van der Waals surface area (Å²) in [4.78, 5) is 15.2. The summed E-state index contributed by atoms with van der Waals surface area (Å²) in [6.45, 7) is 0. The maximum absolute atomic E-state index is 11.3. The third-order valence-electron chi connectivity index (χ3n) is 1.79. The van der Waals surface area contributed by atoms with E-state index in [1.54, 1.807) is 0 Å². The van der Waals surface area contributed by atoms with Crippen molar-refractivity contribution in [2.24, 2.45) is 16.6 Å². The van der Waals surface area contributed by atoms with Gasteiger partial charge in [-0.05, 0) is 30.8 Å². The molecule has 3 N–H and O–H groups in total. The largest absolute Gasteiger partial charge is 0.386 e. The van der Waals surface area contributed by atoms with Crippen LogP contribution in [0.25, 0.3) is 0 Å². The van der Waals surface area contributed by atoms with Crippen LogP contribution in [0.2, 0.25) is 0 Å². The highest BCUT2D eigenvalue weighted by Crippen LogP contribution is 2.11. The summed E-state index contributed by atoms with van der Waals surface area (Å²) in [7, 11) is 0. The third-order valence-corrected chi connectivity index (χ3v) is 2.29. The van der Waals surface area contributed by atoms with Gasteiger partial charge in [0, 0.05) is 0 Å². The Morgan fingerprint density at radius 2 is 2.38 bits per heavy atom. The maximum Gasteiger partial charge on any atom is 0.236 e. The lowest BCUT2D eigenvalue weighted by Crippen LogP contribution is -2.46. The van der Waals surface area contributed by atoms with Crippen molar-refractivity contribution in [3.8, 4) is 0 Å². The van der Waals surface area contributed by atoms with Gasteiger partial charge in [0.1, 0.15) is 5.84 Å². The first-order valence-electron chi connectivity index (χ1n) is 3.95. The second-order valence-electron chi connectivity index (χ2n) is 2.75. The highest BCUT2D eigenvalue weighted by atomic mass is 32.1. The predicted molar refractivity (Wildman–Crippen MR) is 58.9 cm³/mol. The molecule has 1 unspecified atom stereocenters. The molecule has 0 bridgehead atoms. The van der Waals surface area contributed by atoms with Crippen molar-refractivity contribution in [1.29, 1.82) is 0 Å². The molecule has 72 valence electrons. The quantitative estimate of drug-likeness (QED) is 0.463. The van der Waals surface area contributed by atoms with E-state index in [1.807, 2.05) is 0 Å². The summed E-state index contributed by atoms with van der Waals surface area (Å²) in [5.74, 6) is 0.565. The molecule has 13 heavy (non-hydrogen) atoms. The van der Waals surface area contributed by atoms with E-state index in [1.165, 1.54) is 0 Å². The smallest absolute Gasteiger partial charge is 0.236 e. The van der Waals surface area contributed by atoms with Crippen LogP contribution in [0.5, 0.6) is 0 Å². The van der Waals surface area contributed by atoms with Gasteiger partial charge in [0.05, 0.1) is 5.92 Å². The Kier molecular flexibility index (Phi) is 3.68. The first-order valence-corrected chi connectivity index (χ1v) is 4.99. The van der Waals surface area contributed by atoms with E-state index >= 15 is 0 Å². The summed E-state index contributed by atoms with van der Waals surface area (Å²) < 4.78 is 0. The molecule has 0 spiro atoms. The predicted octanol–water partition coefficient (Wildman–Crippen LogP) is 0.0845. The van der Waals surface area contributed by atoms with E-state index in [0.29, 0.717) is 12.3 Å². The van der Waals surface area contributed by atoms with Crippen LogP contribution in [0, 0.1) is 5.92 Å². The Morgan fingerprint density at radius 1 is 1.69 bits per heavy atom. The second-order valence-corrected chi connectivity index (χ2v) is 3.58. The van der Waals surface area contributed by atoms with Crippen molar-refractivity contribution in [1.82, 2.24) is 5.32 Å². The molecule has 1 amide bonds. The normalized spacial score (nSPS) is 22.5. The van der Waals surface area contributed by atoms with Gasteiger partial charge in [0.15, 0.2) is 0 Å². The molecular weight excluding hydrogens is 206 g/mol. The molecule has 0 aromatic carbocycles. The van der Waals surface area contributed by atoms with Gasteiger partial charge in [0.2, 0.25) is 11.0 Å². The number of nitrogens with one attached hydrogen (secondary N) is 1. The van der Waals surface area contributed by atoms with Crippen molar-refractivity contribution >= 4 is 41.7 Å². The van der Waals surface area contributed by atoms with Crippen LogP contribution in [0.15, 0.2) is 4.99 Å². The summed E-state index contributed by atoms with van der Waals surface area (Å²) >= 11 is 8.77. The maximum atomic E-state index is 11.3. The number of carbonyl (C=O) groups is 1. The number of thiol groups is 1. The molecule has 0 radical (unpaired) electrons. The van der Waals surface area contributed by atoms with Crippen LogP contribution in [0.3, 0.4) is 0 Å². The van der Waals surface area contributed by atoms with E-state index < -0.39 is 0 Å². The van der Waals surface area contributed by atoms with Gasteiger partial charge in [-0.25, -0.2) is 4.99 Å². The Morgan fingerprint density at radius 3 is 2.92 bits per heavy atom. The third kappa shape index (κ3) is 2.67. The number of amidine groups is 1. The Hall–Kier alpha value is -0.620. The molecule has 0 saturated heterocycles. The van der Waals surface area contributed by atoms with E-state index in [-0.39, 0.29) is 16.9 Å². The highest BCUT2D eigenvalue weighted by Gasteiger charge is 2.26. The Bertz CT molecular complexity index is 264. The number of aliphatic imine (C=N–C) groups is 1. The number of hydrogen-bond acceptors (Lipinski definition) is 4. The first kappa shape index (κ1) is 10.5. The average Bonchev–Trinajstić information content (AvgIpc) is 2.02. The topological polar surface area (TPSA) is 67.5 Å². The van der Waals surface area contributed by atoms with Gasteiger partial charge in [0.25, 0.3) is 0 Å². The minimum atomic E-state index is -0.334. The van der Waals surface area contributed by atoms with Gasteiger partial charge in [-0.3, -0.25) is 4.79 Å². The lowest BCUT2D eigenvalue weighted by molar-refractivity contribution is -0.121. The second kappa shape index (κ2) is 4.57. The van der Waals surface area contributed by atoms with Crippen LogP contribution < -0.4 is 11.1 Å². The molecule has 1 heterocycles. The fraction of sp³-hybridized carbons (Fsp3) is 0.571. The van der Waals surface area contributed by atoms with Crippen molar-refractivity contribution in [2.45, 2.75) is 12.8 Å². The van der Waals surface area contributed by atoms with Gasteiger partial charge in [-0.2, -0.15) is 12.6 Å². The fourth-order valence-electron chi connectivity index (χ4n) is 1.12. The molecule has 0 fully saturated rings. The van der Waals surface area contributed by atoms with Crippen LogP contribution >= 0.6 is 24.8 Å². The SMILES string of the molecule is NC1=NC(=S)NC(=O)C1CCCS. The van der Waals surface area contributed by atoms with Crippen LogP contribution in [0.1, 0.15) is 12.8 Å². The summed E-state index contributed by atoms with van der Waals surface area (Å²) in [6, 6.07) is 0. The lowest BCUT2D eigenvalue weighted by Gasteiger charge is -2.19. The molecule has 0 aromatic heterocycles. The summed E-state index contributed by atoms with van der Waals surface area (Å²) in [6.07, 6.45) is 1.51. The number of nitrogens with zero attached hydrogens (tertiary/aromatic N) is 1. The van der Waals surface area contributed by atoms with Gasteiger partial charge >= 0.3 is 0 Å². The molecule has 4 nitrogen and oxygen atoms in total. The molecule has 0 saturated carbocycles. The average molecular weight is 217 g/mol. The number of carbonyl (C=O) groups excluding carboxylic acids is 1. The summed E-state index contributed by atoms with van der Waals surface area (Å²) in [5.41, 5.74) is 5.58. The zero-order valence-electron chi connectivity index (χ0n) is 6.99. The molecule has 0 aromatic rings. The van der Waals surface area contributed by atoms with Crippen LogP contribution in [-0.2, 0) is 4.79 Å². The lowest BCUT2D eigenvalue weighted by atomic mass is 10.0. The molecular formula is C7H11N3OS2. The fourth-order valence-corrected chi connectivity index (χ4v) is 1.51.